The van der Waals surface area contributed by atoms with E-state index in [0.717, 1.165) is 0 Å². The first-order valence-electron chi connectivity index (χ1n) is 9.48. The highest BCUT2D eigenvalue weighted by molar-refractivity contribution is 7.80. The lowest BCUT2D eigenvalue weighted by molar-refractivity contribution is -0.139. The second-order valence-corrected chi connectivity index (χ2v) is 7.41. The number of halogens is 2. The Morgan fingerprint density at radius 2 is 2.00 bits per heavy atom. The summed E-state index contributed by atoms with van der Waals surface area (Å²) in [6, 6.07) is 8.96. The lowest BCUT2D eigenvalue weighted by Crippen LogP contribution is -2.48. The number of benzene rings is 2. The molecule has 1 aliphatic rings. The molecule has 0 saturated carbocycles. The highest BCUT2D eigenvalue weighted by Crippen LogP contribution is 2.41. The molecule has 3 rings (SSSR count). The third kappa shape index (κ3) is 4.31. The van der Waals surface area contributed by atoms with Gasteiger partial charge in [-0.1, -0.05) is 23.7 Å². The summed E-state index contributed by atoms with van der Waals surface area (Å²) in [5, 5.41) is 3.44. The quantitative estimate of drug-likeness (QED) is 0.488. The van der Waals surface area contributed by atoms with Crippen molar-refractivity contribution < 1.29 is 23.4 Å². The number of allylic oxidation sites excluding steroid dienone is 1. The van der Waals surface area contributed by atoms with Crippen molar-refractivity contribution in [3.05, 3.63) is 64.1 Å². The molecule has 0 radical (unpaired) electrons. The van der Waals surface area contributed by atoms with E-state index in [1.165, 1.54) is 32.4 Å². The van der Waals surface area contributed by atoms with Gasteiger partial charge in [-0.25, -0.2) is 9.18 Å². The van der Waals surface area contributed by atoms with Crippen LogP contribution in [-0.4, -0.2) is 31.9 Å². The number of esters is 1. The topological polar surface area (TPSA) is 60.0 Å². The molecule has 164 valence electrons. The van der Waals surface area contributed by atoms with Gasteiger partial charge in [-0.2, -0.15) is 0 Å². The Bertz CT molecular complexity index is 1060. The van der Waals surface area contributed by atoms with Crippen molar-refractivity contribution in [1.29, 1.82) is 0 Å². The van der Waals surface area contributed by atoms with E-state index in [0.29, 0.717) is 39.1 Å². The van der Waals surface area contributed by atoms with E-state index in [2.05, 4.69) is 5.32 Å². The van der Waals surface area contributed by atoms with Gasteiger partial charge in [-0.15, -0.1) is 0 Å². The van der Waals surface area contributed by atoms with E-state index in [4.69, 9.17) is 38.0 Å². The van der Waals surface area contributed by atoms with E-state index >= 15 is 0 Å². The zero-order valence-electron chi connectivity index (χ0n) is 17.5. The van der Waals surface area contributed by atoms with Gasteiger partial charge in [-0.3, -0.25) is 4.90 Å². The Hall–Kier alpha value is -2.84. The molecule has 1 atom stereocenters. The molecule has 2 aromatic carbocycles. The molecule has 2 aromatic rings. The Kier molecular flexibility index (Phi) is 7.02. The van der Waals surface area contributed by atoms with E-state index < -0.39 is 17.8 Å². The van der Waals surface area contributed by atoms with Crippen LogP contribution in [0, 0.1) is 5.82 Å². The van der Waals surface area contributed by atoms with Crippen LogP contribution in [0.3, 0.4) is 0 Å². The lowest BCUT2D eigenvalue weighted by Gasteiger charge is -2.38. The third-order valence-electron chi connectivity index (χ3n) is 4.89. The van der Waals surface area contributed by atoms with Crippen LogP contribution < -0.4 is 19.7 Å². The number of carbonyl (C=O) groups excluding carboxylic acids is 1. The van der Waals surface area contributed by atoms with Crippen LogP contribution in [0.25, 0.3) is 0 Å². The molecule has 6 nitrogen and oxygen atoms in total. The molecule has 0 spiro atoms. The molecule has 1 aliphatic heterocycles. The maximum Gasteiger partial charge on any atom is 0.338 e. The molecule has 1 N–H and O–H groups in total. The van der Waals surface area contributed by atoms with Crippen molar-refractivity contribution in [2.45, 2.75) is 19.9 Å². The maximum atomic E-state index is 13.7. The van der Waals surface area contributed by atoms with E-state index in [-0.39, 0.29) is 11.6 Å². The largest absolute Gasteiger partial charge is 0.493 e. The van der Waals surface area contributed by atoms with E-state index in [9.17, 15) is 9.18 Å². The highest BCUT2D eigenvalue weighted by Gasteiger charge is 2.37. The number of hydrogen-bond acceptors (Lipinski definition) is 5. The molecule has 0 aromatic heterocycles. The summed E-state index contributed by atoms with van der Waals surface area (Å²) in [6.07, 6.45) is 0. The number of carbonyl (C=O) groups is 1. The summed E-state index contributed by atoms with van der Waals surface area (Å²) in [5.74, 6) is -0.0740. The number of ether oxygens (including phenoxy) is 3. The second-order valence-electron chi connectivity index (χ2n) is 6.62. The SMILES string of the molecule is CCOC(=O)C1=C(C)N(c2ccc(F)c(Cl)c2)C(=S)NC1c1cccc(OC)c1OC. The molecular weight excluding hydrogens is 443 g/mol. The normalized spacial score (nSPS) is 16.1. The van der Waals surface area contributed by atoms with Gasteiger partial charge in [0.2, 0.25) is 0 Å². The molecule has 0 bridgehead atoms. The van der Waals surface area contributed by atoms with Crippen LogP contribution in [-0.2, 0) is 9.53 Å². The molecule has 0 amide bonds. The molecule has 1 heterocycles. The minimum Gasteiger partial charge on any atom is -0.493 e. The summed E-state index contributed by atoms with van der Waals surface area (Å²) in [4.78, 5) is 14.6. The standard InChI is InChI=1S/C22H22ClFN2O4S/c1-5-30-21(27)18-12(2)26(13-9-10-16(24)15(23)11-13)22(31)25-19(18)14-7-6-8-17(28-3)20(14)29-4/h6-11,19H,5H2,1-4H3,(H,25,31). The number of hydrogen-bond donors (Lipinski definition) is 1. The van der Waals surface area contributed by atoms with Gasteiger partial charge >= 0.3 is 5.97 Å². The monoisotopic (exact) mass is 464 g/mol. The molecule has 1 unspecified atom stereocenters. The van der Waals surface area contributed by atoms with Crippen molar-refractivity contribution in [3.8, 4) is 11.5 Å². The number of methoxy groups -OCH3 is 2. The number of rotatable bonds is 6. The van der Waals surface area contributed by atoms with Crippen molar-refractivity contribution in [1.82, 2.24) is 5.32 Å². The Labute approximate surface area is 190 Å². The molecule has 31 heavy (non-hydrogen) atoms. The fraction of sp³-hybridized carbons (Fsp3) is 0.273. The van der Waals surface area contributed by atoms with Crippen LogP contribution in [0.1, 0.15) is 25.5 Å². The van der Waals surface area contributed by atoms with E-state index in [1.54, 1.807) is 30.9 Å². The van der Waals surface area contributed by atoms with Crippen molar-refractivity contribution in [2.24, 2.45) is 0 Å². The van der Waals surface area contributed by atoms with Gasteiger partial charge in [0.1, 0.15) is 5.82 Å². The van der Waals surface area contributed by atoms with Crippen LogP contribution in [0.5, 0.6) is 11.5 Å². The minimum absolute atomic E-state index is 0.0534. The lowest BCUT2D eigenvalue weighted by atomic mass is 9.93. The zero-order valence-corrected chi connectivity index (χ0v) is 19.1. The summed E-state index contributed by atoms with van der Waals surface area (Å²) in [5.41, 5.74) is 2.03. The third-order valence-corrected chi connectivity index (χ3v) is 5.48. The van der Waals surface area contributed by atoms with Gasteiger partial charge in [0.05, 0.1) is 37.5 Å². The van der Waals surface area contributed by atoms with Gasteiger partial charge in [0.15, 0.2) is 16.6 Å². The number of thiocarbonyl (C=S) groups is 1. The Morgan fingerprint density at radius 3 is 2.61 bits per heavy atom. The summed E-state index contributed by atoms with van der Waals surface area (Å²) >= 11 is 11.6. The number of anilines is 1. The molecule has 9 heteroatoms. The number of nitrogens with zero attached hydrogens (tertiary/aromatic N) is 1. The first kappa shape index (κ1) is 22.8. The fourth-order valence-electron chi connectivity index (χ4n) is 3.52. The van der Waals surface area contributed by atoms with Gasteiger partial charge < -0.3 is 19.5 Å². The van der Waals surface area contributed by atoms with Crippen LogP contribution >= 0.6 is 23.8 Å². The summed E-state index contributed by atoms with van der Waals surface area (Å²) in [7, 11) is 3.06. The average Bonchev–Trinajstić information content (AvgIpc) is 2.75. The number of nitrogens with one attached hydrogen (secondary N) is 1. The molecule has 0 saturated heterocycles. The maximum absolute atomic E-state index is 13.7. The predicted octanol–water partition coefficient (Wildman–Crippen LogP) is 4.77. The predicted molar refractivity (Wildman–Crippen MR) is 121 cm³/mol. The second kappa shape index (κ2) is 9.53. The molecular formula is C22H22ClFN2O4S. The van der Waals surface area contributed by atoms with Gasteiger partial charge in [0.25, 0.3) is 0 Å². The molecule has 0 fully saturated rings. The summed E-state index contributed by atoms with van der Waals surface area (Å²) < 4.78 is 30.0. The van der Waals surface area contributed by atoms with Crippen LogP contribution in [0.15, 0.2) is 47.7 Å². The smallest absolute Gasteiger partial charge is 0.338 e. The van der Waals surface area contributed by atoms with Crippen LogP contribution in [0.2, 0.25) is 5.02 Å². The zero-order chi connectivity index (χ0) is 22.7. The Balaban J connectivity index is 2.21. The molecule has 0 aliphatic carbocycles. The first-order valence-corrected chi connectivity index (χ1v) is 10.3. The first-order chi connectivity index (χ1) is 14.8. The highest BCUT2D eigenvalue weighted by atomic mass is 35.5. The van der Waals surface area contributed by atoms with Gasteiger partial charge in [-0.05, 0) is 50.3 Å². The fourth-order valence-corrected chi connectivity index (χ4v) is 4.06. The Morgan fingerprint density at radius 1 is 1.26 bits per heavy atom. The number of para-hydroxylation sites is 1. The van der Waals surface area contributed by atoms with Crippen molar-refractivity contribution in [3.63, 3.8) is 0 Å². The average molecular weight is 465 g/mol. The minimum atomic E-state index is -0.649. The van der Waals surface area contributed by atoms with Crippen LogP contribution in [0.4, 0.5) is 10.1 Å². The van der Waals surface area contributed by atoms with E-state index in [1.807, 2.05) is 6.07 Å². The van der Waals surface area contributed by atoms with Crippen molar-refractivity contribution in [2.75, 3.05) is 25.7 Å². The van der Waals surface area contributed by atoms with Gasteiger partial charge in [0, 0.05) is 16.9 Å². The van der Waals surface area contributed by atoms with Crippen molar-refractivity contribution >= 4 is 40.6 Å². The summed E-state index contributed by atoms with van der Waals surface area (Å²) in [6.45, 7) is 3.67.